The molecule has 0 saturated heterocycles. The molecule has 26 heavy (non-hydrogen) atoms. The Bertz CT molecular complexity index is 764. The summed E-state index contributed by atoms with van der Waals surface area (Å²) in [6.07, 6.45) is 1.79. The van der Waals surface area contributed by atoms with Crippen LogP contribution in [0.5, 0.6) is 0 Å². The number of carbonyl (C=O) groups excluding carboxylic acids is 2. The lowest BCUT2D eigenvalue weighted by Crippen LogP contribution is -2.74. The van der Waals surface area contributed by atoms with Crippen LogP contribution in [-0.4, -0.2) is 22.6 Å². The van der Waals surface area contributed by atoms with Gasteiger partial charge in [-0.3, -0.25) is 9.59 Å². The fraction of sp³-hybridized carbons (Fsp3) is 0.300. The average Bonchev–Trinajstić information content (AvgIpc) is 2.64. The van der Waals surface area contributed by atoms with E-state index < -0.39 is 34.3 Å². The molecule has 6 heteroatoms. The lowest BCUT2D eigenvalue weighted by atomic mass is 9.62. The van der Waals surface area contributed by atoms with Gasteiger partial charge in [-0.25, -0.2) is 8.78 Å². The van der Waals surface area contributed by atoms with E-state index in [1.807, 2.05) is 0 Å². The molecule has 0 amide bonds. The predicted octanol–water partition coefficient (Wildman–Crippen LogP) is 3.00. The molecular formula is C20H20F2N2O2. The first-order chi connectivity index (χ1) is 12.3. The molecular weight excluding hydrogens is 338 g/mol. The number of hydrogen-bond donors (Lipinski definition) is 2. The molecule has 4 nitrogen and oxygen atoms in total. The molecule has 2 unspecified atom stereocenters. The Hall–Kier alpha value is -2.44. The first-order valence-electron chi connectivity index (χ1n) is 8.46. The van der Waals surface area contributed by atoms with Crippen LogP contribution in [0.25, 0.3) is 0 Å². The second-order valence-corrected chi connectivity index (χ2v) is 6.82. The van der Waals surface area contributed by atoms with Gasteiger partial charge in [0.15, 0.2) is 11.6 Å². The van der Waals surface area contributed by atoms with E-state index in [4.69, 9.17) is 11.5 Å². The molecule has 0 spiro atoms. The van der Waals surface area contributed by atoms with E-state index in [1.54, 1.807) is 0 Å². The van der Waals surface area contributed by atoms with Gasteiger partial charge in [0, 0.05) is 11.1 Å². The molecule has 1 fully saturated rings. The van der Waals surface area contributed by atoms with Crippen molar-refractivity contribution in [1.29, 1.82) is 0 Å². The third kappa shape index (κ3) is 2.95. The minimum absolute atomic E-state index is 0.206. The highest BCUT2D eigenvalue weighted by atomic mass is 19.1. The van der Waals surface area contributed by atoms with Crippen molar-refractivity contribution in [3.05, 3.63) is 71.3 Å². The monoisotopic (exact) mass is 358 g/mol. The molecule has 2 aromatic rings. The van der Waals surface area contributed by atoms with Gasteiger partial charge >= 0.3 is 0 Å². The van der Waals surface area contributed by atoms with E-state index in [2.05, 4.69) is 0 Å². The molecule has 136 valence electrons. The van der Waals surface area contributed by atoms with Crippen LogP contribution in [0.2, 0.25) is 0 Å². The minimum Gasteiger partial charge on any atom is -0.317 e. The SMILES string of the molecule is NC1(C(=O)c2ccc(F)cc2)CCCCC1(N)C(=O)c1ccc(F)cc1. The lowest BCUT2D eigenvalue weighted by molar-refractivity contribution is 0.0586. The second-order valence-electron chi connectivity index (χ2n) is 6.82. The van der Waals surface area contributed by atoms with Crippen LogP contribution in [-0.2, 0) is 0 Å². The van der Waals surface area contributed by atoms with E-state index in [9.17, 15) is 18.4 Å². The van der Waals surface area contributed by atoms with Crippen LogP contribution in [0.15, 0.2) is 48.5 Å². The van der Waals surface area contributed by atoms with Gasteiger partial charge < -0.3 is 11.5 Å². The zero-order valence-corrected chi connectivity index (χ0v) is 14.2. The summed E-state index contributed by atoms with van der Waals surface area (Å²) in [7, 11) is 0. The van der Waals surface area contributed by atoms with Gasteiger partial charge in [0.25, 0.3) is 0 Å². The molecule has 1 aliphatic carbocycles. The number of nitrogens with two attached hydrogens (primary N) is 2. The Morgan fingerprint density at radius 2 is 1.00 bits per heavy atom. The minimum atomic E-state index is -1.62. The number of halogens is 2. The fourth-order valence-corrected chi connectivity index (χ4v) is 3.60. The maximum Gasteiger partial charge on any atom is 0.185 e. The van der Waals surface area contributed by atoms with Crippen LogP contribution in [0.1, 0.15) is 46.4 Å². The molecule has 3 rings (SSSR count). The predicted molar refractivity (Wildman–Crippen MR) is 93.8 cm³/mol. The van der Waals surface area contributed by atoms with Gasteiger partial charge in [0.2, 0.25) is 0 Å². The smallest absolute Gasteiger partial charge is 0.185 e. The third-order valence-corrected chi connectivity index (χ3v) is 5.21. The summed E-state index contributed by atoms with van der Waals surface area (Å²) in [5.41, 5.74) is 10.1. The van der Waals surface area contributed by atoms with E-state index in [0.717, 1.165) is 0 Å². The van der Waals surface area contributed by atoms with Gasteiger partial charge in [-0.1, -0.05) is 12.8 Å². The fourth-order valence-electron chi connectivity index (χ4n) is 3.60. The summed E-state index contributed by atoms with van der Waals surface area (Å²) >= 11 is 0. The molecule has 2 aromatic carbocycles. The summed E-state index contributed by atoms with van der Waals surface area (Å²) < 4.78 is 26.3. The van der Waals surface area contributed by atoms with Crippen molar-refractivity contribution in [2.24, 2.45) is 11.5 Å². The summed E-state index contributed by atoms with van der Waals surface area (Å²) in [6.45, 7) is 0. The summed E-state index contributed by atoms with van der Waals surface area (Å²) in [6, 6.07) is 10.0. The van der Waals surface area contributed by atoms with Crippen molar-refractivity contribution in [1.82, 2.24) is 0 Å². The van der Waals surface area contributed by atoms with E-state index >= 15 is 0 Å². The molecule has 1 saturated carbocycles. The second kappa shape index (κ2) is 6.70. The molecule has 0 bridgehead atoms. The van der Waals surface area contributed by atoms with Crippen molar-refractivity contribution < 1.29 is 18.4 Å². The number of carbonyl (C=O) groups is 2. The molecule has 0 aliphatic heterocycles. The van der Waals surface area contributed by atoms with Crippen molar-refractivity contribution in [2.75, 3.05) is 0 Å². The Kier molecular flexibility index (Phi) is 4.73. The number of ketones is 2. The largest absolute Gasteiger partial charge is 0.317 e. The van der Waals surface area contributed by atoms with Gasteiger partial charge in [-0.15, -0.1) is 0 Å². The highest BCUT2D eigenvalue weighted by Gasteiger charge is 2.57. The first-order valence-corrected chi connectivity index (χ1v) is 8.46. The van der Waals surface area contributed by atoms with Crippen LogP contribution in [0, 0.1) is 11.6 Å². The van der Waals surface area contributed by atoms with E-state index in [1.165, 1.54) is 48.5 Å². The van der Waals surface area contributed by atoms with Gasteiger partial charge in [0.1, 0.15) is 22.7 Å². The normalized spacial score (nSPS) is 25.7. The van der Waals surface area contributed by atoms with Crippen LogP contribution in [0.3, 0.4) is 0 Å². The highest BCUT2D eigenvalue weighted by Crippen LogP contribution is 2.38. The standard InChI is InChI=1S/C20H20F2N2O2/c21-15-7-3-13(4-8-15)17(25)19(23)11-1-2-12-20(19,24)18(26)14-5-9-16(22)10-6-14/h3-10H,1-2,11-12,23-24H2. The Morgan fingerprint density at radius 3 is 1.31 bits per heavy atom. The maximum absolute atomic E-state index is 13.2. The quantitative estimate of drug-likeness (QED) is 0.823. The van der Waals surface area contributed by atoms with Gasteiger partial charge in [-0.05, 0) is 61.4 Å². The molecule has 2 atom stereocenters. The number of rotatable bonds is 4. The molecule has 1 aliphatic rings. The number of benzene rings is 2. The Balaban J connectivity index is 2.02. The topological polar surface area (TPSA) is 86.2 Å². The number of hydrogen-bond acceptors (Lipinski definition) is 4. The molecule has 0 heterocycles. The zero-order valence-electron chi connectivity index (χ0n) is 14.2. The summed E-state index contributed by atoms with van der Waals surface area (Å²) in [5.74, 6) is -1.93. The average molecular weight is 358 g/mol. The Labute approximate surface area is 150 Å². The van der Waals surface area contributed by atoms with Crippen molar-refractivity contribution in [2.45, 2.75) is 36.8 Å². The van der Waals surface area contributed by atoms with Gasteiger partial charge in [-0.2, -0.15) is 0 Å². The lowest BCUT2D eigenvalue weighted by Gasteiger charge is -2.47. The van der Waals surface area contributed by atoms with Crippen LogP contribution in [0.4, 0.5) is 8.78 Å². The van der Waals surface area contributed by atoms with Crippen LogP contribution < -0.4 is 11.5 Å². The summed E-state index contributed by atoms with van der Waals surface area (Å²) in [4.78, 5) is 26.2. The van der Waals surface area contributed by atoms with E-state index in [-0.39, 0.29) is 24.0 Å². The van der Waals surface area contributed by atoms with Gasteiger partial charge in [0.05, 0.1) is 0 Å². The molecule has 4 N–H and O–H groups in total. The zero-order chi connectivity index (χ0) is 18.9. The van der Waals surface area contributed by atoms with Crippen molar-refractivity contribution >= 4 is 11.6 Å². The molecule has 0 aromatic heterocycles. The third-order valence-electron chi connectivity index (χ3n) is 5.21. The van der Waals surface area contributed by atoms with Crippen molar-refractivity contribution in [3.63, 3.8) is 0 Å². The summed E-state index contributed by atoms with van der Waals surface area (Å²) in [5, 5.41) is 0. The highest BCUT2D eigenvalue weighted by molar-refractivity contribution is 6.13. The first kappa shape index (κ1) is 18.4. The Morgan fingerprint density at radius 1 is 0.692 bits per heavy atom. The van der Waals surface area contributed by atoms with Crippen molar-refractivity contribution in [3.8, 4) is 0 Å². The van der Waals surface area contributed by atoms with E-state index in [0.29, 0.717) is 12.8 Å². The molecule has 0 radical (unpaired) electrons. The maximum atomic E-state index is 13.2. The van der Waals surface area contributed by atoms with Crippen LogP contribution >= 0.6 is 0 Å². The number of Topliss-reactive ketones (excluding diaryl/α,β-unsaturated/α-hetero) is 2.